The van der Waals surface area contributed by atoms with E-state index in [2.05, 4.69) is 0 Å². The first-order valence-electron chi connectivity index (χ1n) is 5.55. The van der Waals surface area contributed by atoms with Gasteiger partial charge in [-0.1, -0.05) is 11.6 Å². The minimum Gasteiger partial charge on any atom is -0.496 e. The Labute approximate surface area is 105 Å². The Bertz CT molecular complexity index is 464. The summed E-state index contributed by atoms with van der Waals surface area (Å²) in [6, 6.07) is 3.73. The van der Waals surface area contributed by atoms with Crippen LogP contribution in [0.4, 0.5) is 0 Å². The highest BCUT2D eigenvalue weighted by atomic mass is 35.5. The molecule has 1 aliphatic rings. The van der Waals surface area contributed by atoms with E-state index in [4.69, 9.17) is 21.4 Å². The van der Waals surface area contributed by atoms with Crippen LogP contribution in [-0.2, 0) is 10.2 Å². The molecule has 4 heteroatoms. The maximum atomic E-state index is 10.9. The van der Waals surface area contributed by atoms with Crippen molar-refractivity contribution in [2.24, 2.45) is 0 Å². The van der Waals surface area contributed by atoms with Crippen molar-refractivity contribution < 1.29 is 14.6 Å². The average molecular weight is 255 g/mol. The molecule has 0 heterocycles. The lowest BCUT2D eigenvalue weighted by Crippen LogP contribution is -2.13. The van der Waals surface area contributed by atoms with E-state index in [1.165, 1.54) is 0 Å². The zero-order chi connectivity index (χ0) is 12.6. The number of aliphatic carboxylic acids is 1. The second-order valence-corrected chi connectivity index (χ2v) is 5.06. The Morgan fingerprint density at radius 3 is 2.65 bits per heavy atom. The zero-order valence-electron chi connectivity index (χ0n) is 9.92. The summed E-state index contributed by atoms with van der Waals surface area (Å²) in [7, 11) is 1.61. The molecule has 0 atom stereocenters. The fourth-order valence-electron chi connectivity index (χ4n) is 2.26. The predicted octanol–water partition coefficient (Wildman–Crippen LogP) is 3.16. The van der Waals surface area contributed by atoms with Crippen LogP contribution in [0, 0.1) is 6.92 Å². The largest absolute Gasteiger partial charge is 0.496 e. The van der Waals surface area contributed by atoms with Crippen molar-refractivity contribution in [3.05, 3.63) is 28.3 Å². The third-order valence-corrected chi connectivity index (χ3v) is 3.71. The summed E-state index contributed by atoms with van der Waals surface area (Å²) in [6.07, 6.45) is 1.90. The molecule has 1 saturated carbocycles. The number of carboxylic acid groups (broad SMARTS) is 1. The van der Waals surface area contributed by atoms with Crippen LogP contribution >= 0.6 is 11.6 Å². The van der Waals surface area contributed by atoms with Crippen molar-refractivity contribution in [1.29, 1.82) is 0 Å². The van der Waals surface area contributed by atoms with Crippen molar-refractivity contribution in [2.45, 2.75) is 31.6 Å². The van der Waals surface area contributed by atoms with Gasteiger partial charge in [0.1, 0.15) is 5.75 Å². The molecule has 1 aliphatic carbocycles. The number of carbonyl (C=O) groups is 1. The van der Waals surface area contributed by atoms with E-state index >= 15 is 0 Å². The summed E-state index contributed by atoms with van der Waals surface area (Å²) in [4.78, 5) is 10.9. The summed E-state index contributed by atoms with van der Waals surface area (Å²) in [5.41, 5.74) is 1.60. The molecule has 0 saturated heterocycles. The zero-order valence-corrected chi connectivity index (χ0v) is 10.7. The van der Waals surface area contributed by atoms with Crippen molar-refractivity contribution in [2.75, 3.05) is 7.11 Å². The normalized spacial score (nSPS) is 16.6. The molecule has 0 aliphatic heterocycles. The van der Waals surface area contributed by atoms with Crippen LogP contribution in [0.25, 0.3) is 0 Å². The first kappa shape index (κ1) is 12.2. The van der Waals surface area contributed by atoms with Gasteiger partial charge in [-0.15, -0.1) is 0 Å². The second-order valence-electron chi connectivity index (χ2n) is 4.65. The number of methoxy groups -OCH3 is 1. The van der Waals surface area contributed by atoms with Gasteiger partial charge in [-0.05, 0) is 43.0 Å². The molecule has 0 bridgehead atoms. The number of rotatable bonds is 4. The highest BCUT2D eigenvalue weighted by Gasteiger charge is 2.47. The standard InChI is InChI=1S/C13H15ClO3/c1-8-5-10(14)9(6-11(8)17-2)13(3-4-13)7-12(15)16/h5-6H,3-4,7H2,1-2H3,(H,15,16). The SMILES string of the molecule is COc1cc(C2(CC(=O)O)CC2)c(Cl)cc1C. The van der Waals surface area contributed by atoms with E-state index in [0.717, 1.165) is 29.7 Å². The third-order valence-electron chi connectivity index (χ3n) is 3.40. The van der Waals surface area contributed by atoms with Gasteiger partial charge < -0.3 is 9.84 Å². The lowest BCUT2D eigenvalue weighted by atomic mass is 9.91. The van der Waals surface area contributed by atoms with E-state index < -0.39 is 5.97 Å². The van der Waals surface area contributed by atoms with Gasteiger partial charge in [0.2, 0.25) is 0 Å². The smallest absolute Gasteiger partial charge is 0.304 e. The van der Waals surface area contributed by atoms with Gasteiger partial charge in [0, 0.05) is 10.4 Å². The fraction of sp³-hybridized carbons (Fsp3) is 0.462. The van der Waals surface area contributed by atoms with E-state index in [1.807, 2.05) is 19.1 Å². The monoisotopic (exact) mass is 254 g/mol. The maximum Gasteiger partial charge on any atom is 0.304 e. The molecular formula is C13H15ClO3. The molecule has 1 N–H and O–H groups in total. The highest BCUT2D eigenvalue weighted by molar-refractivity contribution is 6.31. The number of ether oxygens (including phenoxy) is 1. The Hall–Kier alpha value is -1.22. The van der Waals surface area contributed by atoms with Gasteiger partial charge in [-0.3, -0.25) is 4.79 Å². The van der Waals surface area contributed by atoms with Gasteiger partial charge in [0.15, 0.2) is 0 Å². The van der Waals surface area contributed by atoms with Crippen LogP contribution in [0.5, 0.6) is 5.75 Å². The molecule has 1 aromatic rings. The Balaban J connectivity index is 2.42. The van der Waals surface area contributed by atoms with Crippen molar-refractivity contribution in [1.82, 2.24) is 0 Å². The summed E-state index contributed by atoms with van der Waals surface area (Å²) in [6.45, 7) is 1.92. The summed E-state index contributed by atoms with van der Waals surface area (Å²) in [5, 5.41) is 9.59. The van der Waals surface area contributed by atoms with Gasteiger partial charge in [0.05, 0.1) is 13.5 Å². The van der Waals surface area contributed by atoms with Crippen molar-refractivity contribution >= 4 is 17.6 Å². The molecule has 3 nitrogen and oxygen atoms in total. The molecule has 1 fully saturated rings. The Morgan fingerprint density at radius 2 is 2.18 bits per heavy atom. The second kappa shape index (κ2) is 4.22. The van der Waals surface area contributed by atoms with E-state index in [9.17, 15) is 4.79 Å². The number of halogens is 1. The van der Waals surface area contributed by atoms with Crippen LogP contribution in [0.15, 0.2) is 12.1 Å². The summed E-state index contributed by atoms with van der Waals surface area (Å²) in [5.74, 6) is -0.0147. The van der Waals surface area contributed by atoms with E-state index in [-0.39, 0.29) is 11.8 Å². The summed E-state index contributed by atoms with van der Waals surface area (Å²) < 4.78 is 5.26. The number of hydrogen-bond donors (Lipinski definition) is 1. The van der Waals surface area contributed by atoms with Crippen LogP contribution in [-0.4, -0.2) is 18.2 Å². The van der Waals surface area contributed by atoms with Gasteiger partial charge in [0.25, 0.3) is 0 Å². The molecule has 0 unspecified atom stereocenters. The van der Waals surface area contributed by atoms with Gasteiger partial charge in [-0.25, -0.2) is 0 Å². The predicted molar refractivity (Wildman–Crippen MR) is 65.9 cm³/mol. The number of carboxylic acids is 1. The molecule has 2 rings (SSSR count). The number of hydrogen-bond acceptors (Lipinski definition) is 2. The van der Waals surface area contributed by atoms with Crippen LogP contribution in [0.3, 0.4) is 0 Å². The average Bonchev–Trinajstić information content (AvgIpc) is 2.97. The molecule has 92 valence electrons. The van der Waals surface area contributed by atoms with Crippen molar-refractivity contribution in [3.63, 3.8) is 0 Å². The fourth-order valence-corrected chi connectivity index (χ4v) is 2.68. The molecule has 1 aromatic carbocycles. The highest BCUT2D eigenvalue weighted by Crippen LogP contribution is 2.54. The van der Waals surface area contributed by atoms with Gasteiger partial charge >= 0.3 is 5.97 Å². The lowest BCUT2D eigenvalue weighted by molar-refractivity contribution is -0.137. The molecule has 17 heavy (non-hydrogen) atoms. The Kier molecular flexibility index (Phi) is 3.04. The topological polar surface area (TPSA) is 46.5 Å². The molecule has 0 radical (unpaired) electrons. The third kappa shape index (κ3) is 2.25. The molecule has 0 spiro atoms. The summed E-state index contributed by atoms with van der Waals surface area (Å²) >= 11 is 6.22. The lowest BCUT2D eigenvalue weighted by Gasteiger charge is -2.17. The van der Waals surface area contributed by atoms with Gasteiger partial charge in [-0.2, -0.15) is 0 Å². The van der Waals surface area contributed by atoms with E-state index in [0.29, 0.717) is 5.02 Å². The Morgan fingerprint density at radius 1 is 1.53 bits per heavy atom. The molecule has 0 aromatic heterocycles. The van der Waals surface area contributed by atoms with Crippen LogP contribution in [0.1, 0.15) is 30.4 Å². The van der Waals surface area contributed by atoms with E-state index in [1.54, 1.807) is 7.11 Å². The quantitative estimate of drug-likeness (QED) is 0.898. The minimum atomic E-state index is -0.780. The minimum absolute atomic E-state index is 0.138. The maximum absolute atomic E-state index is 10.9. The number of aryl methyl sites for hydroxylation is 1. The molecule has 0 amide bonds. The first-order chi connectivity index (χ1) is 7.98. The number of benzene rings is 1. The van der Waals surface area contributed by atoms with Crippen molar-refractivity contribution in [3.8, 4) is 5.75 Å². The first-order valence-corrected chi connectivity index (χ1v) is 5.93. The van der Waals surface area contributed by atoms with Crippen LogP contribution < -0.4 is 4.74 Å². The molecular weight excluding hydrogens is 240 g/mol. The van der Waals surface area contributed by atoms with Crippen LogP contribution in [0.2, 0.25) is 5.02 Å².